The van der Waals surface area contributed by atoms with Gasteiger partial charge in [-0.05, 0) is 59.6 Å². The number of nitrogens with zero attached hydrogens (tertiary/aromatic N) is 2. The number of halogens is 1. The van der Waals surface area contributed by atoms with Crippen LogP contribution in [-0.2, 0) is 9.59 Å². The summed E-state index contributed by atoms with van der Waals surface area (Å²) < 4.78 is 14.5. The maximum atomic E-state index is 14.5. The second kappa shape index (κ2) is 11.0. The summed E-state index contributed by atoms with van der Waals surface area (Å²) >= 11 is 0. The average Bonchev–Trinajstić information content (AvgIpc) is 2.66. The normalized spacial score (nSPS) is 24.2. The molecule has 7 heteroatoms. The number of hydrogen-bond acceptors (Lipinski definition) is 4. The Morgan fingerprint density at radius 1 is 1.23 bits per heavy atom. The molecule has 2 heterocycles. The van der Waals surface area contributed by atoms with Crippen molar-refractivity contribution in [3.8, 4) is 0 Å². The molecule has 3 unspecified atom stereocenters. The Morgan fingerprint density at radius 2 is 1.90 bits per heavy atom. The average molecular weight is 435 g/mol. The Balaban J connectivity index is 1.73. The van der Waals surface area contributed by atoms with Crippen LogP contribution < -0.4 is 10.6 Å². The number of carbonyl (C=O) groups is 2. The number of likely N-dealkylation sites (tertiary alicyclic amines) is 2. The van der Waals surface area contributed by atoms with E-state index in [2.05, 4.69) is 55.9 Å². The van der Waals surface area contributed by atoms with E-state index in [0.717, 1.165) is 19.0 Å². The molecule has 0 aliphatic carbocycles. The summed E-state index contributed by atoms with van der Waals surface area (Å²) in [6.07, 6.45) is 8.45. The van der Waals surface area contributed by atoms with Crippen LogP contribution in [0.5, 0.6) is 0 Å². The van der Waals surface area contributed by atoms with Crippen molar-refractivity contribution in [2.24, 2.45) is 0 Å². The van der Waals surface area contributed by atoms with Gasteiger partial charge in [-0.1, -0.05) is 24.3 Å². The van der Waals surface area contributed by atoms with Crippen LogP contribution >= 0.6 is 0 Å². The number of nitrogens with one attached hydrogen (secondary N) is 2. The molecule has 0 spiro atoms. The third-order valence-corrected chi connectivity index (χ3v) is 6.16. The van der Waals surface area contributed by atoms with E-state index >= 15 is 0 Å². The lowest BCUT2D eigenvalue weighted by Gasteiger charge is -2.50. The van der Waals surface area contributed by atoms with E-state index in [4.69, 9.17) is 0 Å². The minimum atomic E-state index is -1.39. The van der Waals surface area contributed by atoms with Crippen LogP contribution in [0.15, 0.2) is 36.5 Å². The summed E-state index contributed by atoms with van der Waals surface area (Å²) in [5.41, 5.74) is -0.0955. The molecule has 3 atom stereocenters. The number of allylic oxidation sites excluding steroid dienone is 1. The first-order valence-corrected chi connectivity index (χ1v) is 11.2. The molecule has 0 aromatic carbocycles. The first kappa shape index (κ1) is 25.3. The zero-order valence-corrected chi connectivity index (χ0v) is 19.7. The van der Waals surface area contributed by atoms with E-state index in [1.807, 2.05) is 17.9 Å². The smallest absolute Gasteiger partial charge is 0.243 e. The van der Waals surface area contributed by atoms with Gasteiger partial charge in [0, 0.05) is 37.8 Å². The zero-order valence-electron chi connectivity index (χ0n) is 19.7. The fourth-order valence-electron chi connectivity index (χ4n) is 4.14. The lowest BCUT2D eigenvalue weighted by Crippen LogP contribution is -2.68. The second-order valence-corrected chi connectivity index (χ2v) is 9.46. The third-order valence-electron chi connectivity index (χ3n) is 6.16. The first-order valence-electron chi connectivity index (χ1n) is 11.2. The Bertz CT molecular complexity index is 708. The van der Waals surface area contributed by atoms with Gasteiger partial charge in [-0.2, -0.15) is 0 Å². The minimum Gasteiger partial charge on any atom is -0.349 e. The van der Waals surface area contributed by atoms with Crippen molar-refractivity contribution < 1.29 is 14.0 Å². The Morgan fingerprint density at radius 3 is 2.48 bits per heavy atom. The van der Waals surface area contributed by atoms with Crippen LogP contribution in [0, 0.1) is 0 Å². The topological polar surface area (TPSA) is 64.7 Å². The molecule has 0 aromatic heterocycles. The van der Waals surface area contributed by atoms with Gasteiger partial charge in [0.15, 0.2) is 5.67 Å². The summed E-state index contributed by atoms with van der Waals surface area (Å²) in [5, 5.41) is 5.65. The van der Waals surface area contributed by atoms with Crippen LogP contribution in [0.2, 0.25) is 0 Å². The Kier molecular flexibility index (Phi) is 9.01. The van der Waals surface area contributed by atoms with Crippen LogP contribution in [0.1, 0.15) is 47.5 Å². The van der Waals surface area contributed by atoms with Crippen molar-refractivity contribution in [2.45, 2.75) is 77.3 Å². The molecule has 31 heavy (non-hydrogen) atoms. The molecule has 0 radical (unpaired) electrons. The molecule has 2 fully saturated rings. The highest BCUT2D eigenvalue weighted by atomic mass is 19.1. The summed E-state index contributed by atoms with van der Waals surface area (Å²) in [5.74, 6) is -0.429. The molecular formula is C24H39FN4O2. The van der Waals surface area contributed by atoms with Gasteiger partial charge < -0.3 is 10.6 Å². The van der Waals surface area contributed by atoms with Gasteiger partial charge in [0.1, 0.15) is 0 Å². The van der Waals surface area contributed by atoms with Gasteiger partial charge in [-0.25, -0.2) is 4.39 Å². The maximum absolute atomic E-state index is 14.5. The predicted molar refractivity (Wildman–Crippen MR) is 123 cm³/mol. The van der Waals surface area contributed by atoms with Crippen LogP contribution in [0.3, 0.4) is 0 Å². The third kappa shape index (κ3) is 7.28. The molecule has 2 aliphatic rings. The van der Waals surface area contributed by atoms with Crippen LogP contribution in [0.25, 0.3) is 0 Å². The van der Waals surface area contributed by atoms with Gasteiger partial charge in [-0.3, -0.25) is 19.4 Å². The number of rotatable bonds is 11. The van der Waals surface area contributed by atoms with E-state index in [1.54, 1.807) is 6.08 Å². The van der Waals surface area contributed by atoms with Gasteiger partial charge in [0.2, 0.25) is 11.8 Å². The van der Waals surface area contributed by atoms with Gasteiger partial charge in [-0.15, -0.1) is 0 Å². The minimum absolute atomic E-state index is 0.00200. The van der Waals surface area contributed by atoms with E-state index < -0.39 is 5.67 Å². The van der Waals surface area contributed by atoms with Gasteiger partial charge in [0.25, 0.3) is 0 Å². The molecule has 174 valence electrons. The summed E-state index contributed by atoms with van der Waals surface area (Å²) in [6.45, 7) is 15.4. The van der Waals surface area contributed by atoms with Gasteiger partial charge in [0.05, 0.1) is 12.6 Å². The fraction of sp³-hybridized carbons (Fsp3) is 0.667. The summed E-state index contributed by atoms with van der Waals surface area (Å²) in [4.78, 5) is 28.0. The standard InChI is InChI=1S/C24H39FN4O2/c1-7-22(30)26-14-24(25)15-28(16-24)19(6)9-8-10-23(31)27-20-13-29(18(4)5)21(20)12-11-17(2)3/h7-8,10-11,18-21H,1,9,12-16H2,2-6H3,(H,26,30)(H,27,31)/b10-8+. The summed E-state index contributed by atoms with van der Waals surface area (Å²) in [6, 6.07) is 1.10. The molecule has 6 nitrogen and oxygen atoms in total. The van der Waals surface area contributed by atoms with E-state index in [1.165, 1.54) is 5.57 Å². The Labute approximate surface area is 186 Å². The monoisotopic (exact) mass is 434 g/mol. The number of amides is 2. The summed E-state index contributed by atoms with van der Waals surface area (Å²) in [7, 11) is 0. The van der Waals surface area contributed by atoms with Crippen molar-refractivity contribution in [2.75, 3.05) is 26.2 Å². The Hall–Kier alpha value is -1.99. The highest BCUT2D eigenvalue weighted by Gasteiger charge is 2.45. The first-order chi connectivity index (χ1) is 14.5. The van der Waals surface area contributed by atoms with Crippen molar-refractivity contribution in [1.82, 2.24) is 20.4 Å². The van der Waals surface area contributed by atoms with Crippen LogP contribution in [0.4, 0.5) is 4.39 Å². The van der Waals surface area contributed by atoms with Gasteiger partial charge >= 0.3 is 0 Å². The lowest BCUT2D eigenvalue weighted by atomic mass is 9.90. The largest absolute Gasteiger partial charge is 0.349 e. The molecule has 2 aliphatic heterocycles. The fourth-order valence-corrected chi connectivity index (χ4v) is 4.14. The predicted octanol–water partition coefficient (Wildman–Crippen LogP) is 2.58. The molecule has 0 aromatic rings. The SMILES string of the molecule is C=CC(=O)NCC1(F)CN(C(C)C/C=C/C(=O)NC2CN(C(C)C)C2CC=C(C)C)C1. The molecule has 2 N–H and O–H groups in total. The molecule has 2 saturated heterocycles. The molecule has 2 rings (SSSR count). The van der Waals surface area contributed by atoms with E-state index in [9.17, 15) is 14.0 Å². The zero-order chi connectivity index (χ0) is 23.2. The second-order valence-electron chi connectivity index (χ2n) is 9.46. The molecule has 2 amide bonds. The van der Waals surface area contributed by atoms with Crippen molar-refractivity contribution in [3.63, 3.8) is 0 Å². The number of hydrogen-bond donors (Lipinski definition) is 2. The number of alkyl halides is 1. The quantitative estimate of drug-likeness (QED) is 0.388. The molecular weight excluding hydrogens is 395 g/mol. The van der Waals surface area contributed by atoms with E-state index in [-0.39, 0.29) is 43.5 Å². The van der Waals surface area contributed by atoms with Crippen molar-refractivity contribution in [1.29, 1.82) is 0 Å². The highest BCUT2D eigenvalue weighted by Crippen LogP contribution is 2.28. The molecule has 0 bridgehead atoms. The number of carbonyl (C=O) groups excluding carboxylic acids is 2. The van der Waals surface area contributed by atoms with Crippen LogP contribution in [-0.4, -0.2) is 77.6 Å². The van der Waals surface area contributed by atoms with Crippen molar-refractivity contribution in [3.05, 3.63) is 36.5 Å². The maximum Gasteiger partial charge on any atom is 0.243 e. The van der Waals surface area contributed by atoms with Crippen molar-refractivity contribution >= 4 is 11.8 Å². The lowest BCUT2D eigenvalue weighted by molar-refractivity contribution is -0.120. The molecule has 0 saturated carbocycles. The van der Waals surface area contributed by atoms with E-state index in [0.29, 0.717) is 18.5 Å². The highest BCUT2D eigenvalue weighted by molar-refractivity contribution is 5.88.